The molecule has 0 saturated heterocycles. The highest BCUT2D eigenvalue weighted by Crippen LogP contribution is 2.27. The molecule has 0 bridgehead atoms. The predicted octanol–water partition coefficient (Wildman–Crippen LogP) is 6.42. The summed E-state index contributed by atoms with van der Waals surface area (Å²) in [5.74, 6) is 2.08. The van der Waals surface area contributed by atoms with Crippen molar-refractivity contribution in [2.45, 2.75) is 51.4 Å². The molecule has 0 spiro atoms. The van der Waals surface area contributed by atoms with E-state index in [0.717, 1.165) is 22.8 Å². The first-order valence-corrected chi connectivity index (χ1v) is 13.4. The fourth-order valence-electron chi connectivity index (χ4n) is 3.55. The number of hydrogen-bond donors (Lipinski definition) is 1. The average molecular weight is 508 g/mol. The van der Waals surface area contributed by atoms with Crippen LogP contribution in [-0.2, 0) is 11.3 Å². The van der Waals surface area contributed by atoms with Crippen molar-refractivity contribution < 1.29 is 9.53 Å². The minimum atomic E-state index is -0.276. The summed E-state index contributed by atoms with van der Waals surface area (Å²) >= 11 is 2.76. The fraction of sp³-hybridized carbons (Fsp3) is 0.308. The molecule has 182 valence electrons. The Morgan fingerprint density at radius 2 is 1.83 bits per heavy atom. The lowest BCUT2D eigenvalue weighted by atomic mass is 10.0. The molecule has 0 fully saturated rings. The van der Waals surface area contributed by atoms with Gasteiger partial charge in [-0.2, -0.15) is 0 Å². The monoisotopic (exact) mass is 507 g/mol. The zero-order valence-corrected chi connectivity index (χ0v) is 21.9. The molecule has 1 amide bonds. The number of anilines is 1. The van der Waals surface area contributed by atoms with Gasteiger partial charge in [-0.3, -0.25) is 4.79 Å². The Kier molecular flexibility index (Phi) is 8.20. The Labute approximate surface area is 214 Å². The van der Waals surface area contributed by atoms with Crippen LogP contribution in [0.1, 0.15) is 51.1 Å². The second-order valence-electron chi connectivity index (χ2n) is 8.31. The molecule has 1 N–H and O–H groups in total. The van der Waals surface area contributed by atoms with Gasteiger partial charge in [0, 0.05) is 17.5 Å². The van der Waals surface area contributed by atoms with Crippen LogP contribution in [0.5, 0.6) is 5.75 Å². The smallest absolute Gasteiger partial charge is 0.236 e. The third kappa shape index (κ3) is 6.29. The van der Waals surface area contributed by atoms with Gasteiger partial charge in [0.15, 0.2) is 22.2 Å². The summed E-state index contributed by atoms with van der Waals surface area (Å²) in [5.41, 5.74) is 3.14. The Morgan fingerprint density at radius 3 is 2.51 bits per heavy atom. The van der Waals surface area contributed by atoms with Crippen molar-refractivity contribution in [2.24, 2.45) is 0 Å². The van der Waals surface area contributed by atoms with Gasteiger partial charge in [0.2, 0.25) is 5.91 Å². The van der Waals surface area contributed by atoms with Gasteiger partial charge in [0.1, 0.15) is 5.75 Å². The van der Waals surface area contributed by atoms with Crippen molar-refractivity contribution in [1.29, 1.82) is 0 Å². The van der Waals surface area contributed by atoms with E-state index >= 15 is 0 Å². The molecule has 0 radical (unpaired) electrons. The average Bonchev–Trinajstić information content (AvgIpc) is 3.50. The molecular weight excluding hydrogens is 478 g/mol. The first kappa shape index (κ1) is 24.9. The van der Waals surface area contributed by atoms with Crippen LogP contribution in [0.3, 0.4) is 0 Å². The lowest BCUT2D eigenvalue weighted by Gasteiger charge is -2.16. The molecule has 0 aliphatic heterocycles. The number of rotatable bonds is 10. The number of carbonyl (C=O) groups is 1. The van der Waals surface area contributed by atoms with E-state index in [1.807, 2.05) is 66.3 Å². The second kappa shape index (κ2) is 11.5. The second-order valence-corrected chi connectivity index (χ2v) is 10.1. The van der Waals surface area contributed by atoms with Crippen LogP contribution in [0.15, 0.2) is 65.1 Å². The van der Waals surface area contributed by atoms with Crippen LogP contribution < -0.4 is 10.1 Å². The van der Waals surface area contributed by atoms with Gasteiger partial charge in [-0.25, -0.2) is 4.98 Å². The Hall–Kier alpha value is -3.17. The molecule has 1 unspecified atom stereocenters. The molecule has 2 aromatic carbocycles. The van der Waals surface area contributed by atoms with Crippen molar-refractivity contribution in [3.8, 4) is 17.0 Å². The number of ether oxygens (including phenoxy) is 1. The van der Waals surface area contributed by atoms with Crippen LogP contribution in [0.2, 0.25) is 0 Å². The van der Waals surface area contributed by atoms with Crippen LogP contribution in [0.4, 0.5) is 5.13 Å². The van der Waals surface area contributed by atoms with Gasteiger partial charge in [-0.15, -0.1) is 21.5 Å². The van der Waals surface area contributed by atoms with E-state index in [0.29, 0.717) is 22.8 Å². The molecule has 35 heavy (non-hydrogen) atoms. The molecule has 2 heterocycles. The third-order valence-electron chi connectivity index (χ3n) is 5.44. The summed E-state index contributed by atoms with van der Waals surface area (Å²) in [6.07, 6.45) is -0.276. The van der Waals surface area contributed by atoms with E-state index in [9.17, 15) is 4.79 Å². The summed E-state index contributed by atoms with van der Waals surface area (Å²) in [6, 6.07) is 18.0. The number of amides is 1. The molecule has 0 aliphatic carbocycles. The summed E-state index contributed by atoms with van der Waals surface area (Å²) in [6.45, 7) is 9.00. The highest BCUT2D eigenvalue weighted by molar-refractivity contribution is 7.99. The number of nitrogens with zero attached hydrogens (tertiary/aromatic N) is 4. The van der Waals surface area contributed by atoms with E-state index in [4.69, 9.17) is 4.74 Å². The van der Waals surface area contributed by atoms with E-state index in [-0.39, 0.29) is 17.8 Å². The largest absolute Gasteiger partial charge is 0.483 e. The fourth-order valence-corrected chi connectivity index (χ4v) is 5.10. The number of aromatic nitrogens is 4. The standard InChI is InChI=1S/C26H29N5O2S2/c1-5-31-24(18(4)33-21-13-11-19(12-14-21)17(2)3)29-30-26(31)35-16-23(32)28-25-27-22(15-34-25)20-9-7-6-8-10-20/h6-15,17-18H,5,16H2,1-4H3,(H,27,28,32). The van der Waals surface area contributed by atoms with Crippen LogP contribution in [0, 0.1) is 0 Å². The summed E-state index contributed by atoms with van der Waals surface area (Å²) in [7, 11) is 0. The minimum absolute atomic E-state index is 0.134. The van der Waals surface area contributed by atoms with Crippen LogP contribution >= 0.6 is 23.1 Å². The van der Waals surface area contributed by atoms with E-state index in [1.165, 1.54) is 28.7 Å². The highest BCUT2D eigenvalue weighted by Gasteiger charge is 2.20. The minimum Gasteiger partial charge on any atom is -0.483 e. The van der Waals surface area contributed by atoms with E-state index < -0.39 is 0 Å². The number of hydrogen-bond acceptors (Lipinski definition) is 7. The molecule has 1 atom stereocenters. The van der Waals surface area contributed by atoms with Crippen molar-refractivity contribution >= 4 is 34.1 Å². The SMILES string of the molecule is CCn1c(SCC(=O)Nc2nc(-c3ccccc3)cs2)nnc1C(C)Oc1ccc(C(C)C)cc1. The molecule has 7 nitrogen and oxygen atoms in total. The zero-order valence-electron chi connectivity index (χ0n) is 20.3. The van der Waals surface area contributed by atoms with Crippen molar-refractivity contribution in [1.82, 2.24) is 19.7 Å². The normalized spacial score (nSPS) is 12.0. The van der Waals surface area contributed by atoms with E-state index in [1.54, 1.807) is 0 Å². The van der Waals surface area contributed by atoms with Crippen molar-refractivity contribution in [3.63, 3.8) is 0 Å². The van der Waals surface area contributed by atoms with Crippen LogP contribution in [0.25, 0.3) is 11.3 Å². The number of carbonyl (C=O) groups excluding carboxylic acids is 1. The summed E-state index contributed by atoms with van der Waals surface area (Å²) < 4.78 is 8.10. The van der Waals surface area contributed by atoms with Gasteiger partial charge in [-0.1, -0.05) is 68.1 Å². The Balaban J connectivity index is 1.35. The quantitative estimate of drug-likeness (QED) is 0.250. The molecule has 9 heteroatoms. The summed E-state index contributed by atoms with van der Waals surface area (Å²) in [4.78, 5) is 17.1. The predicted molar refractivity (Wildman–Crippen MR) is 142 cm³/mol. The number of benzene rings is 2. The molecule has 0 aliphatic rings. The molecular formula is C26H29N5O2S2. The van der Waals surface area contributed by atoms with Gasteiger partial charge in [-0.05, 0) is 37.5 Å². The first-order valence-electron chi connectivity index (χ1n) is 11.6. The number of thioether (sulfide) groups is 1. The first-order chi connectivity index (χ1) is 16.9. The maximum absolute atomic E-state index is 12.5. The van der Waals surface area contributed by atoms with Gasteiger partial charge >= 0.3 is 0 Å². The van der Waals surface area contributed by atoms with Crippen molar-refractivity contribution in [3.05, 3.63) is 71.4 Å². The maximum atomic E-state index is 12.5. The lowest BCUT2D eigenvalue weighted by molar-refractivity contribution is -0.113. The Bertz CT molecular complexity index is 1250. The van der Waals surface area contributed by atoms with Gasteiger partial charge in [0.25, 0.3) is 0 Å². The molecule has 0 saturated carbocycles. The van der Waals surface area contributed by atoms with Crippen LogP contribution in [-0.4, -0.2) is 31.4 Å². The van der Waals surface area contributed by atoms with Gasteiger partial charge in [0.05, 0.1) is 11.4 Å². The van der Waals surface area contributed by atoms with Gasteiger partial charge < -0.3 is 14.6 Å². The third-order valence-corrected chi connectivity index (χ3v) is 7.16. The molecule has 2 aromatic heterocycles. The zero-order chi connectivity index (χ0) is 24.8. The Morgan fingerprint density at radius 1 is 1.09 bits per heavy atom. The maximum Gasteiger partial charge on any atom is 0.236 e. The highest BCUT2D eigenvalue weighted by atomic mass is 32.2. The summed E-state index contributed by atoms with van der Waals surface area (Å²) in [5, 5.41) is 14.8. The molecule has 4 aromatic rings. The molecule has 4 rings (SSSR count). The number of nitrogens with one attached hydrogen (secondary N) is 1. The lowest BCUT2D eigenvalue weighted by Crippen LogP contribution is -2.15. The van der Waals surface area contributed by atoms with Crippen molar-refractivity contribution in [2.75, 3.05) is 11.1 Å². The topological polar surface area (TPSA) is 81.9 Å². The number of thiazole rings is 1. The van der Waals surface area contributed by atoms with E-state index in [2.05, 4.69) is 46.5 Å².